The molecule has 0 radical (unpaired) electrons. The minimum atomic E-state index is -0.0295. The molecule has 1 N–H and O–H groups in total. The molecular weight excluding hydrogens is 274 g/mol. The van der Waals surface area contributed by atoms with Crippen LogP contribution in [0.5, 0.6) is 0 Å². The van der Waals surface area contributed by atoms with Crippen LogP contribution in [0.15, 0.2) is 60.7 Å². The maximum atomic E-state index is 12.0. The summed E-state index contributed by atoms with van der Waals surface area (Å²) < 4.78 is 1.96. The van der Waals surface area contributed by atoms with Gasteiger partial charge in [0.25, 0.3) is 0 Å². The van der Waals surface area contributed by atoms with Crippen LogP contribution in [0.25, 0.3) is 0 Å². The first-order valence-corrected chi connectivity index (χ1v) is 7.61. The number of hydrogen-bond acceptors (Lipinski definition) is 2. The number of rotatable bonds is 7. The van der Waals surface area contributed by atoms with Crippen molar-refractivity contribution in [3.8, 4) is 0 Å². The number of allylic oxidation sites excluding steroid dienone is 1. The summed E-state index contributed by atoms with van der Waals surface area (Å²) in [5.41, 5.74) is 2.39. The minimum absolute atomic E-state index is 0.0295. The molecular formula is C18H23N3O. The average molecular weight is 297 g/mol. The number of carbonyl (C=O) groups excluding carboxylic acids is 1. The van der Waals surface area contributed by atoms with Crippen LogP contribution in [-0.4, -0.2) is 21.5 Å². The molecule has 0 saturated heterocycles. The van der Waals surface area contributed by atoms with Gasteiger partial charge in [0.1, 0.15) is 0 Å². The van der Waals surface area contributed by atoms with E-state index in [4.69, 9.17) is 0 Å². The van der Waals surface area contributed by atoms with Gasteiger partial charge in [-0.15, -0.1) is 0 Å². The Balaban J connectivity index is 1.76. The highest BCUT2D eigenvalue weighted by Crippen LogP contribution is 2.08. The first kappa shape index (κ1) is 16.0. The Morgan fingerprint density at radius 3 is 2.82 bits per heavy atom. The molecule has 1 atom stereocenters. The molecule has 0 fully saturated rings. The highest BCUT2D eigenvalue weighted by molar-refractivity contribution is 5.88. The van der Waals surface area contributed by atoms with Crippen LogP contribution in [0, 0.1) is 0 Å². The Bertz CT molecular complexity index is 603. The van der Waals surface area contributed by atoms with Crippen molar-refractivity contribution in [2.24, 2.45) is 0 Å². The number of aryl methyl sites for hydroxylation is 1. The van der Waals surface area contributed by atoms with E-state index in [-0.39, 0.29) is 11.9 Å². The van der Waals surface area contributed by atoms with E-state index < -0.39 is 0 Å². The number of benzene rings is 1. The smallest absolute Gasteiger partial charge is 0.244 e. The molecule has 116 valence electrons. The highest BCUT2D eigenvalue weighted by atomic mass is 16.1. The Labute approximate surface area is 131 Å². The zero-order valence-electron chi connectivity index (χ0n) is 13.2. The number of aromatic nitrogens is 2. The van der Waals surface area contributed by atoms with Gasteiger partial charge in [-0.2, -0.15) is 0 Å². The van der Waals surface area contributed by atoms with Gasteiger partial charge >= 0.3 is 0 Å². The maximum absolute atomic E-state index is 12.0. The van der Waals surface area contributed by atoms with E-state index in [1.807, 2.05) is 42.8 Å². The molecule has 0 aliphatic heterocycles. The van der Waals surface area contributed by atoms with Crippen molar-refractivity contribution in [3.63, 3.8) is 0 Å². The molecule has 1 amide bonds. The van der Waals surface area contributed by atoms with Gasteiger partial charge < -0.3 is 9.88 Å². The lowest BCUT2D eigenvalue weighted by atomic mass is 10.1. The number of hydrogen-bond donors (Lipinski definition) is 1. The molecule has 1 heterocycles. The predicted octanol–water partition coefficient (Wildman–Crippen LogP) is 2.97. The lowest BCUT2D eigenvalue weighted by molar-refractivity contribution is -0.117. The number of nitrogens with one attached hydrogen (secondary N) is 1. The predicted molar refractivity (Wildman–Crippen MR) is 88.4 cm³/mol. The Kier molecular flexibility index (Phi) is 5.95. The van der Waals surface area contributed by atoms with Crippen molar-refractivity contribution in [1.82, 2.24) is 14.9 Å². The molecule has 0 bridgehead atoms. The molecule has 0 unspecified atom stereocenters. The second kappa shape index (κ2) is 8.17. The standard InChI is InChI=1S/C18H23N3O/c1-15(8-9-17-6-4-3-5-7-17)12-18(22)20-16(2)13-21-11-10-19-14-21/h3-7,10-12,14,16H,8-9,13H2,1-2H3,(H,20,22)/b15-12-/t16-/m0/s1. The first-order chi connectivity index (χ1) is 10.6. The minimum Gasteiger partial charge on any atom is -0.348 e. The zero-order chi connectivity index (χ0) is 15.8. The Hall–Kier alpha value is -2.36. The van der Waals surface area contributed by atoms with Gasteiger partial charge in [-0.1, -0.05) is 35.9 Å². The fraction of sp³-hybridized carbons (Fsp3) is 0.333. The summed E-state index contributed by atoms with van der Waals surface area (Å²) in [5.74, 6) is -0.0295. The van der Waals surface area contributed by atoms with E-state index >= 15 is 0 Å². The van der Waals surface area contributed by atoms with E-state index in [1.165, 1.54) is 5.56 Å². The van der Waals surface area contributed by atoms with Crippen LogP contribution >= 0.6 is 0 Å². The van der Waals surface area contributed by atoms with Crippen LogP contribution in [0.4, 0.5) is 0 Å². The van der Waals surface area contributed by atoms with E-state index in [0.29, 0.717) is 0 Å². The fourth-order valence-corrected chi connectivity index (χ4v) is 2.32. The number of amides is 1. The van der Waals surface area contributed by atoms with Gasteiger partial charge in [-0.3, -0.25) is 4.79 Å². The molecule has 22 heavy (non-hydrogen) atoms. The van der Waals surface area contributed by atoms with E-state index in [1.54, 1.807) is 18.6 Å². The van der Waals surface area contributed by atoms with Gasteiger partial charge in [0, 0.05) is 31.1 Å². The van der Waals surface area contributed by atoms with Crippen molar-refractivity contribution in [2.75, 3.05) is 0 Å². The summed E-state index contributed by atoms with van der Waals surface area (Å²) in [4.78, 5) is 16.0. The summed E-state index contributed by atoms with van der Waals surface area (Å²) in [6, 6.07) is 10.4. The van der Waals surface area contributed by atoms with E-state index in [0.717, 1.165) is 25.0 Å². The van der Waals surface area contributed by atoms with E-state index in [2.05, 4.69) is 22.4 Å². The summed E-state index contributed by atoms with van der Waals surface area (Å²) in [6.45, 7) is 4.72. The number of nitrogens with zero attached hydrogens (tertiary/aromatic N) is 2. The highest BCUT2D eigenvalue weighted by Gasteiger charge is 2.06. The van der Waals surface area contributed by atoms with Crippen LogP contribution in [0.1, 0.15) is 25.8 Å². The second-order valence-corrected chi connectivity index (χ2v) is 5.65. The molecule has 1 aromatic heterocycles. The van der Waals surface area contributed by atoms with Crippen LogP contribution in [0.3, 0.4) is 0 Å². The summed E-state index contributed by atoms with van der Waals surface area (Å²) in [7, 11) is 0. The van der Waals surface area contributed by atoms with Crippen molar-refractivity contribution >= 4 is 5.91 Å². The van der Waals surface area contributed by atoms with Gasteiger partial charge in [-0.25, -0.2) is 4.98 Å². The molecule has 4 nitrogen and oxygen atoms in total. The molecule has 4 heteroatoms. The van der Waals surface area contributed by atoms with E-state index in [9.17, 15) is 4.79 Å². The SMILES string of the molecule is C/C(=C/C(=O)N[C@@H](C)Cn1ccnc1)CCc1ccccc1. The molecule has 0 aliphatic rings. The average Bonchev–Trinajstić information content (AvgIpc) is 2.98. The fourth-order valence-electron chi connectivity index (χ4n) is 2.32. The summed E-state index contributed by atoms with van der Waals surface area (Å²) in [5, 5.41) is 2.98. The van der Waals surface area contributed by atoms with Crippen LogP contribution in [0.2, 0.25) is 0 Å². The third kappa shape index (κ3) is 5.56. The van der Waals surface area contributed by atoms with Gasteiger partial charge in [0.05, 0.1) is 6.33 Å². The normalized spacial score (nSPS) is 12.9. The largest absolute Gasteiger partial charge is 0.348 e. The lowest BCUT2D eigenvalue weighted by Gasteiger charge is -2.13. The quantitative estimate of drug-likeness (QED) is 0.799. The van der Waals surface area contributed by atoms with Crippen LogP contribution < -0.4 is 5.32 Å². The first-order valence-electron chi connectivity index (χ1n) is 7.61. The lowest BCUT2D eigenvalue weighted by Crippen LogP contribution is -2.34. The Morgan fingerprint density at radius 1 is 1.36 bits per heavy atom. The number of imidazole rings is 1. The molecule has 0 spiro atoms. The molecule has 1 aromatic carbocycles. The summed E-state index contributed by atoms with van der Waals surface area (Å²) >= 11 is 0. The molecule has 0 saturated carbocycles. The molecule has 2 rings (SSSR count). The molecule has 0 aliphatic carbocycles. The third-order valence-electron chi connectivity index (χ3n) is 3.46. The summed E-state index contributed by atoms with van der Waals surface area (Å²) in [6.07, 6.45) is 8.94. The topological polar surface area (TPSA) is 46.9 Å². The van der Waals surface area contributed by atoms with Gasteiger partial charge in [0.2, 0.25) is 5.91 Å². The maximum Gasteiger partial charge on any atom is 0.244 e. The van der Waals surface area contributed by atoms with Gasteiger partial charge in [-0.05, 0) is 32.3 Å². The second-order valence-electron chi connectivity index (χ2n) is 5.65. The number of carbonyl (C=O) groups is 1. The van der Waals surface area contributed by atoms with Crippen LogP contribution in [-0.2, 0) is 17.8 Å². The monoisotopic (exact) mass is 297 g/mol. The van der Waals surface area contributed by atoms with Crippen molar-refractivity contribution in [2.45, 2.75) is 39.3 Å². The van der Waals surface area contributed by atoms with Crippen molar-refractivity contribution in [3.05, 3.63) is 66.3 Å². The van der Waals surface area contributed by atoms with Crippen molar-refractivity contribution < 1.29 is 4.79 Å². The van der Waals surface area contributed by atoms with Gasteiger partial charge in [0.15, 0.2) is 0 Å². The molecule has 2 aromatic rings. The van der Waals surface area contributed by atoms with Crippen molar-refractivity contribution in [1.29, 1.82) is 0 Å². The Morgan fingerprint density at radius 2 is 2.14 bits per heavy atom. The third-order valence-corrected chi connectivity index (χ3v) is 3.46. The zero-order valence-corrected chi connectivity index (χ0v) is 13.2.